The van der Waals surface area contributed by atoms with Gasteiger partial charge in [0.05, 0.1) is 23.7 Å². The lowest BCUT2D eigenvalue weighted by Crippen LogP contribution is -2.26. The largest absolute Gasteiger partial charge is 0.261 e. The lowest BCUT2D eigenvalue weighted by atomic mass is 9.76. The molecule has 1 saturated carbocycles. The zero-order valence-electron chi connectivity index (χ0n) is 12.1. The van der Waals surface area contributed by atoms with Crippen molar-refractivity contribution in [1.82, 2.24) is 10.2 Å². The molecule has 2 aliphatic rings. The number of H-pyrrole nitrogens is 1. The summed E-state index contributed by atoms with van der Waals surface area (Å²) in [5.74, 6) is 0.650. The highest BCUT2D eigenvalue weighted by Gasteiger charge is 2.42. The normalized spacial score (nSPS) is 22.7. The standard InChI is InChI=1S/C17H12BrN5/c18-15-10(6-19)2-1-3-11(15)14-12(7-20)16(9-4-5-9)22-17-13(14)8-21-23-17/h1-3,8-9,12,14H,4-5H2,(H,21,23). The van der Waals surface area contributed by atoms with E-state index in [1.807, 2.05) is 12.1 Å². The monoisotopic (exact) mass is 365 g/mol. The number of nitriles is 2. The number of nitrogens with one attached hydrogen (secondary N) is 1. The van der Waals surface area contributed by atoms with Crippen molar-refractivity contribution in [2.24, 2.45) is 16.8 Å². The van der Waals surface area contributed by atoms with Crippen molar-refractivity contribution < 1.29 is 0 Å². The Morgan fingerprint density at radius 1 is 1.22 bits per heavy atom. The highest BCUT2D eigenvalue weighted by Crippen LogP contribution is 2.48. The lowest BCUT2D eigenvalue weighted by molar-refractivity contribution is 0.697. The predicted octanol–water partition coefficient (Wildman–Crippen LogP) is 3.81. The van der Waals surface area contributed by atoms with Gasteiger partial charge < -0.3 is 0 Å². The van der Waals surface area contributed by atoms with Crippen LogP contribution in [0.1, 0.15) is 35.4 Å². The van der Waals surface area contributed by atoms with E-state index in [0.717, 1.165) is 40.0 Å². The van der Waals surface area contributed by atoms with E-state index in [1.165, 1.54) is 0 Å². The van der Waals surface area contributed by atoms with Crippen molar-refractivity contribution in [2.75, 3.05) is 0 Å². The second-order valence-corrected chi connectivity index (χ2v) is 6.68. The van der Waals surface area contributed by atoms with Crippen molar-refractivity contribution >= 4 is 27.5 Å². The fourth-order valence-electron chi connectivity index (χ4n) is 3.24. The van der Waals surface area contributed by atoms with Gasteiger partial charge in [0.1, 0.15) is 6.07 Å². The van der Waals surface area contributed by atoms with Crippen LogP contribution in [0, 0.1) is 34.5 Å². The van der Waals surface area contributed by atoms with Gasteiger partial charge in [-0.3, -0.25) is 5.10 Å². The summed E-state index contributed by atoms with van der Waals surface area (Å²) in [4.78, 5) is 4.66. The molecule has 0 amide bonds. The number of benzene rings is 1. The summed E-state index contributed by atoms with van der Waals surface area (Å²) in [6.45, 7) is 0. The fraction of sp³-hybridized carbons (Fsp3) is 0.294. The molecule has 1 aromatic carbocycles. The van der Waals surface area contributed by atoms with Crippen LogP contribution in [0.4, 0.5) is 5.82 Å². The first kappa shape index (κ1) is 14.2. The molecule has 112 valence electrons. The number of nitrogens with zero attached hydrogens (tertiary/aromatic N) is 4. The Hall–Kier alpha value is -2.44. The molecule has 23 heavy (non-hydrogen) atoms. The van der Waals surface area contributed by atoms with Crippen LogP contribution in [0.25, 0.3) is 0 Å². The average Bonchev–Trinajstić information content (AvgIpc) is 3.31. The highest BCUT2D eigenvalue weighted by atomic mass is 79.9. The fourth-order valence-corrected chi connectivity index (χ4v) is 3.84. The van der Waals surface area contributed by atoms with E-state index < -0.39 is 0 Å². The first-order valence-corrected chi connectivity index (χ1v) is 8.23. The Kier molecular flexibility index (Phi) is 3.28. The predicted molar refractivity (Wildman–Crippen MR) is 88.2 cm³/mol. The molecular formula is C17H12BrN5. The van der Waals surface area contributed by atoms with Gasteiger partial charge in [-0.1, -0.05) is 12.1 Å². The van der Waals surface area contributed by atoms with Crippen LogP contribution in [-0.4, -0.2) is 15.9 Å². The van der Waals surface area contributed by atoms with Crippen molar-refractivity contribution in [2.45, 2.75) is 18.8 Å². The molecule has 1 aliphatic carbocycles. The summed E-state index contributed by atoms with van der Waals surface area (Å²) in [6, 6.07) is 10.2. The molecule has 1 aromatic heterocycles. The molecule has 2 aromatic rings. The van der Waals surface area contributed by atoms with Gasteiger partial charge in [-0.25, -0.2) is 4.99 Å². The van der Waals surface area contributed by atoms with Crippen LogP contribution in [0.2, 0.25) is 0 Å². The van der Waals surface area contributed by atoms with E-state index in [-0.39, 0.29) is 11.8 Å². The minimum Gasteiger partial charge on any atom is -0.261 e. The number of hydrogen-bond donors (Lipinski definition) is 1. The molecule has 2 atom stereocenters. The van der Waals surface area contributed by atoms with Crippen molar-refractivity contribution in [3.63, 3.8) is 0 Å². The average molecular weight is 366 g/mol. The molecule has 6 heteroatoms. The van der Waals surface area contributed by atoms with Gasteiger partial charge in [-0.2, -0.15) is 15.6 Å². The number of fused-ring (bicyclic) bond motifs is 1. The third-order valence-corrected chi connectivity index (χ3v) is 5.38. The molecule has 0 saturated heterocycles. The number of aromatic nitrogens is 2. The summed E-state index contributed by atoms with van der Waals surface area (Å²) in [5.41, 5.74) is 3.37. The molecule has 0 radical (unpaired) electrons. The summed E-state index contributed by atoms with van der Waals surface area (Å²) in [6.07, 6.45) is 3.92. The van der Waals surface area contributed by atoms with Crippen LogP contribution < -0.4 is 0 Å². The van der Waals surface area contributed by atoms with E-state index >= 15 is 0 Å². The van der Waals surface area contributed by atoms with Crippen LogP contribution >= 0.6 is 15.9 Å². The molecule has 2 unspecified atom stereocenters. The van der Waals surface area contributed by atoms with E-state index in [9.17, 15) is 10.5 Å². The molecule has 0 spiro atoms. The van der Waals surface area contributed by atoms with Gasteiger partial charge in [0.2, 0.25) is 0 Å². The smallest absolute Gasteiger partial charge is 0.151 e. The minimum atomic E-state index is -0.321. The molecule has 1 fully saturated rings. The first-order chi connectivity index (χ1) is 11.2. The maximum Gasteiger partial charge on any atom is 0.151 e. The molecule has 0 bridgehead atoms. The Labute approximate surface area is 141 Å². The third kappa shape index (κ3) is 2.18. The number of aliphatic imine (C=N–C) groups is 1. The SMILES string of the molecule is N#Cc1cccc(C2c3cn[nH]c3N=C(C3CC3)C2C#N)c1Br. The Bertz CT molecular complexity index is 894. The number of halogens is 1. The van der Waals surface area contributed by atoms with Gasteiger partial charge >= 0.3 is 0 Å². The lowest BCUT2D eigenvalue weighted by Gasteiger charge is -2.28. The second-order valence-electron chi connectivity index (χ2n) is 5.89. The summed E-state index contributed by atoms with van der Waals surface area (Å²) in [7, 11) is 0. The zero-order chi connectivity index (χ0) is 16.0. The summed E-state index contributed by atoms with van der Waals surface area (Å²) < 4.78 is 0.747. The number of hydrogen-bond acceptors (Lipinski definition) is 4. The number of aromatic amines is 1. The molecule has 2 heterocycles. The summed E-state index contributed by atoms with van der Waals surface area (Å²) >= 11 is 3.54. The third-order valence-electron chi connectivity index (χ3n) is 4.49. The van der Waals surface area contributed by atoms with Crippen molar-refractivity contribution in [1.29, 1.82) is 10.5 Å². The van der Waals surface area contributed by atoms with E-state index in [0.29, 0.717) is 11.5 Å². The van der Waals surface area contributed by atoms with Gasteiger partial charge in [-0.05, 0) is 46.3 Å². The Morgan fingerprint density at radius 2 is 2.04 bits per heavy atom. The Balaban J connectivity index is 1.92. The van der Waals surface area contributed by atoms with Gasteiger partial charge in [-0.15, -0.1) is 0 Å². The topological polar surface area (TPSA) is 88.6 Å². The van der Waals surface area contributed by atoms with Crippen LogP contribution in [0.5, 0.6) is 0 Å². The molecule has 4 rings (SSSR count). The first-order valence-electron chi connectivity index (χ1n) is 7.44. The van der Waals surface area contributed by atoms with Crippen molar-refractivity contribution in [3.05, 3.63) is 45.6 Å². The second kappa shape index (κ2) is 5.33. The van der Waals surface area contributed by atoms with Gasteiger partial charge in [0, 0.05) is 21.7 Å². The summed E-state index contributed by atoms with van der Waals surface area (Å²) in [5, 5.41) is 26.1. The van der Waals surface area contributed by atoms with Crippen LogP contribution in [0.15, 0.2) is 33.9 Å². The maximum absolute atomic E-state index is 9.81. The molecular weight excluding hydrogens is 354 g/mol. The van der Waals surface area contributed by atoms with Crippen molar-refractivity contribution in [3.8, 4) is 12.1 Å². The van der Waals surface area contributed by atoms with E-state index in [1.54, 1.807) is 12.3 Å². The highest BCUT2D eigenvalue weighted by molar-refractivity contribution is 9.10. The van der Waals surface area contributed by atoms with Gasteiger partial charge in [0.25, 0.3) is 0 Å². The molecule has 5 nitrogen and oxygen atoms in total. The minimum absolute atomic E-state index is 0.162. The zero-order valence-corrected chi connectivity index (χ0v) is 13.7. The molecule has 1 aliphatic heterocycles. The Morgan fingerprint density at radius 3 is 2.74 bits per heavy atom. The quantitative estimate of drug-likeness (QED) is 0.877. The van der Waals surface area contributed by atoms with Gasteiger partial charge in [0.15, 0.2) is 5.82 Å². The maximum atomic E-state index is 9.81. The molecule has 1 N–H and O–H groups in total. The van der Waals surface area contributed by atoms with Crippen LogP contribution in [-0.2, 0) is 0 Å². The van der Waals surface area contributed by atoms with Crippen LogP contribution in [0.3, 0.4) is 0 Å². The number of rotatable bonds is 2. The van der Waals surface area contributed by atoms with E-state index in [4.69, 9.17) is 0 Å². The van der Waals surface area contributed by atoms with E-state index in [2.05, 4.69) is 43.3 Å².